The summed E-state index contributed by atoms with van der Waals surface area (Å²) in [6.45, 7) is 0.508. The summed E-state index contributed by atoms with van der Waals surface area (Å²) in [6.07, 6.45) is 1.93. The van der Waals surface area contributed by atoms with Crippen molar-refractivity contribution in [1.82, 2.24) is 5.43 Å². The molecule has 0 atom stereocenters. The van der Waals surface area contributed by atoms with Gasteiger partial charge in [0.05, 0.1) is 12.6 Å². The Morgan fingerprint density at radius 2 is 1.53 bits per heavy atom. The number of hydrogen-bond donors (Lipinski definition) is 1. The van der Waals surface area contributed by atoms with Crippen LogP contribution in [0.3, 0.4) is 0 Å². The number of hydrogen-bond acceptors (Lipinski definition) is 3. The average molecular weight is 394 g/mol. The van der Waals surface area contributed by atoms with Crippen LogP contribution in [0.25, 0.3) is 10.8 Å². The van der Waals surface area contributed by atoms with Crippen LogP contribution >= 0.6 is 0 Å². The summed E-state index contributed by atoms with van der Waals surface area (Å²) in [4.78, 5) is 11.9. The number of amides is 1. The summed E-state index contributed by atoms with van der Waals surface area (Å²) in [5.74, 6) is 0.640. The minimum atomic E-state index is -0.146. The Hall–Kier alpha value is -3.92. The second-order valence-corrected chi connectivity index (χ2v) is 6.99. The number of nitrogens with one attached hydrogen (secondary N) is 1. The van der Waals surface area contributed by atoms with Crippen LogP contribution in [0.5, 0.6) is 5.75 Å². The first-order chi connectivity index (χ1) is 14.8. The van der Waals surface area contributed by atoms with Gasteiger partial charge in [-0.25, -0.2) is 5.43 Å². The second-order valence-electron chi connectivity index (χ2n) is 6.99. The Labute approximate surface area is 175 Å². The first-order valence-electron chi connectivity index (χ1n) is 9.83. The normalized spacial score (nSPS) is 10.9. The lowest BCUT2D eigenvalue weighted by atomic mass is 10.1. The number of hydrazone groups is 1. The predicted molar refractivity (Wildman–Crippen MR) is 121 cm³/mol. The molecule has 0 aromatic heterocycles. The molecule has 4 aromatic carbocycles. The molecule has 0 saturated carbocycles. The summed E-state index contributed by atoms with van der Waals surface area (Å²) in [5, 5.41) is 6.46. The predicted octanol–water partition coefficient (Wildman–Crippen LogP) is 5.11. The summed E-state index contributed by atoms with van der Waals surface area (Å²) < 4.78 is 5.89. The molecule has 0 saturated heterocycles. The summed E-state index contributed by atoms with van der Waals surface area (Å²) in [5.41, 5.74) is 5.52. The minimum absolute atomic E-state index is 0.146. The highest BCUT2D eigenvalue weighted by Gasteiger charge is 2.01. The Morgan fingerprint density at radius 1 is 0.800 bits per heavy atom. The van der Waals surface area contributed by atoms with Gasteiger partial charge in [0.1, 0.15) is 12.4 Å². The maximum Gasteiger partial charge on any atom is 0.244 e. The molecule has 0 aliphatic carbocycles. The lowest BCUT2D eigenvalue weighted by molar-refractivity contribution is -0.120. The molecule has 0 radical (unpaired) electrons. The van der Waals surface area contributed by atoms with Crippen molar-refractivity contribution in [3.05, 3.63) is 114 Å². The number of nitrogens with zero attached hydrogens (tertiary/aromatic N) is 1. The van der Waals surface area contributed by atoms with Gasteiger partial charge in [0.25, 0.3) is 0 Å². The molecule has 0 aliphatic rings. The van der Waals surface area contributed by atoms with Gasteiger partial charge in [0.2, 0.25) is 5.91 Å². The fraction of sp³-hybridized carbons (Fsp3) is 0.0769. The zero-order valence-corrected chi connectivity index (χ0v) is 16.5. The maximum absolute atomic E-state index is 11.9. The van der Waals surface area contributed by atoms with Crippen molar-refractivity contribution in [2.45, 2.75) is 13.0 Å². The van der Waals surface area contributed by atoms with Crippen LogP contribution in [0.2, 0.25) is 0 Å². The first kappa shape index (κ1) is 19.4. The van der Waals surface area contributed by atoms with Gasteiger partial charge in [-0.05, 0) is 57.8 Å². The topological polar surface area (TPSA) is 50.7 Å². The van der Waals surface area contributed by atoms with E-state index in [1.165, 1.54) is 10.8 Å². The molecule has 1 amide bonds. The van der Waals surface area contributed by atoms with Crippen molar-refractivity contribution in [1.29, 1.82) is 0 Å². The van der Waals surface area contributed by atoms with E-state index in [4.69, 9.17) is 4.74 Å². The molecule has 0 aliphatic heterocycles. The van der Waals surface area contributed by atoms with Gasteiger partial charge in [0, 0.05) is 0 Å². The van der Waals surface area contributed by atoms with Crippen LogP contribution < -0.4 is 10.2 Å². The highest BCUT2D eigenvalue weighted by Crippen LogP contribution is 2.18. The third-order valence-electron chi connectivity index (χ3n) is 4.71. The number of carbonyl (C=O) groups excluding carboxylic acids is 1. The highest BCUT2D eigenvalue weighted by atomic mass is 16.5. The molecule has 0 unspecified atom stereocenters. The van der Waals surface area contributed by atoms with Gasteiger partial charge in [0.15, 0.2) is 0 Å². The average Bonchev–Trinajstić information content (AvgIpc) is 2.79. The van der Waals surface area contributed by atoms with Crippen LogP contribution in [0.15, 0.2) is 102 Å². The number of rotatable bonds is 7. The minimum Gasteiger partial charge on any atom is -0.489 e. The van der Waals surface area contributed by atoms with E-state index in [-0.39, 0.29) is 5.91 Å². The van der Waals surface area contributed by atoms with E-state index in [1.807, 2.05) is 66.7 Å². The fourth-order valence-corrected chi connectivity index (χ4v) is 3.14. The van der Waals surface area contributed by atoms with Gasteiger partial charge >= 0.3 is 0 Å². The number of ether oxygens (including phenoxy) is 1. The fourth-order valence-electron chi connectivity index (χ4n) is 3.14. The van der Waals surface area contributed by atoms with Gasteiger partial charge < -0.3 is 4.74 Å². The highest BCUT2D eigenvalue weighted by molar-refractivity contribution is 5.84. The van der Waals surface area contributed by atoms with Crippen LogP contribution in [-0.2, 0) is 17.8 Å². The summed E-state index contributed by atoms with van der Waals surface area (Å²) in [6, 6.07) is 31.8. The largest absolute Gasteiger partial charge is 0.489 e. The van der Waals surface area contributed by atoms with E-state index in [9.17, 15) is 4.79 Å². The summed E-state index contributed by atoms with van der Waals surface area (Å²) >= 11 is 0. The van der Waals surface area contributed by atoms with E-state index in [0.29, 0.717) is 13.0 Å². The molecule has 148 valence electrons. The quantitative estimate of drug-likeness (QED) is 0.350. The number of carbonyl (C=O) groups is 1. The van der Waals surface area contributed by atoms with Crippen molar-refractivity contribution in [2.75, 3.05) is 0 Å². The molecule has 0 fully saturated rings. The zero-order valence-electron chi connectivity index (χ0n) is 16.5. The monoisotopic (exact) mass is 394 g/mol. The molecule has 4 nitrogen and oxygen atoms in total. The molecule has 4 heteroatoms. The molecule has 4 rings (SSSR count). The van der Waals surface area contributed by atoms with E-state index in [2.05, 4.69) is 40.9 Å². The zero-order chi connectivity index (χ0) is 20.6. The van der Waals surface area contributed by atoms with Crippen molar-refractivity contribution in [2.24, 2.45) is 5.10 Å². The van der Waals surface area contributed by atoms with Gasteiger partial charge in [-0.3, -0.25) is 4.79 Å². The molecular weight excluding hydrogens is 372 g/mol. The SMILES string of the molecule is O=C(Cc1ccccc1)NN=Cc1ccc(OCc2ccc3ccccc3c2)cc1. The molecule has 0 bridgehead atoms. The van der Waals surface area contributed by atoms with Crippen molar-refractivity contribution < 1.29 is 9.53 Å². The smallest absolute Gasteiger partial charge is 0.244 e. The second kappa shape index (κ2) is 9.52. The van der Waals surface area contributed by atoms with Crippen LogP contribution in [0.4, 0.5) is 0 Å². The molecular formula is C26H22N2O2. The number of benzene rings is 4. The first-order valence-corrected chi connectivity index (χ1v) is 9.83. The lowest BCUT2D eigenvalue weighted by Crippen LogP contribution is -2.19. The molecule has 30 heavy (non-hydrogen) atoms. The Balaban J connectivity index is 1.28. The van der Waals surface area contributed by atoms with Gasteiger partial charge in [-0.15, -0.1) is 0 Å². The van der Waals surface area contributed by atoms with E-state index >= 15 is 0 Å². The third kappa shape index (κ3) is 5.32. The van der Waals surface area contributed by atoms with E-state index < -0.39 is 0 Å². The van der Waals surface area contributed by atoms with E-state index in [1.54, 1.807) is 6.21 Å². The van der Waals surface area contributed by atoms with Crippen LogP contribution in [0, 0.1) is 0 Å². The van der Waals surface area contributed by atoms with Crippen molar-refractivity contribution in [3.63, 3.8) is 0 Å². The number of fused-ring (bicyclic) bond motifs is 1. The molecule has 0 spiro atoms. The third-order valence-corrected chi connectivity index (χ3v) is 4.71. The van der Waals surface area contributed by atoms with Crippen LogP contribution in [-0.4, -0.2) is 12.1 Å². The Bertz CT molecular complexity index is 1150. The van der Waals surface area contributed by atoms with Crippen LogP contribution in [0.1, 0.15) is 16.7 Å². The lowest BCUT2D eigenvalue weighted by Gasteiger charge is -2.07. The van der Waals surface area contributed by atoms with Crippen molar-refractivity contribution in [3.8, 4) is 5.75 Å². The maximum atomic E-state index is 11.9. The van der Waals surface area contributed by atoms with Gasteiger partial charge in [-0.2, -0.15) is 5.10 Å². The Morgan fingerprint density at radius 3 is 2.33 bits per heavy atom. The summed E-state index contributed by atoms with van der Waals surface area (Å²) in [7, 11) is 0. The standard InChI is InChI=1S/C26H22N2O2/c29-26(17-20-6-2-1-3-7-20)28-27-18-21-11-14-25(15-12-21)30-19-22-10-13-23-8-4-5-9-24(23)16-22/h1-16,18H,17,19H2,(H,28,29). The van der Waals surface area contributed by atoms with Crippen molar-refractivity contribution >= 4 is 22.9 Å². The Kier molecular flexibility index (Phi) is 6.16. The molecule has 1 N–H and O–H groups in total. The van der Waals surface area contributed by atoms with E-state index in [0.717, 1.165) is 22.4 Å². The van der Waals surface area contributed by atoms with Gasteiger partial charge in [-0.1, -0.05) is 66.7 Å². The molecule has 0 heterocycles. The molecule has 4 aromatic rings.